The summed E-state index contributed by atoms with van der Waals surface area (Å²) in [5, 5.41) is 0. The first-order valence-corrected chi connectivity index (χ1v) is 5.61. The van der Waals surface area contributed by atoms with E-state index >= 15 is 0 Å². The maximum Gasteiger partial charge on any atom is 0.328 e. The molecule has 1 aromatic heterocycles. The van der Waals surface area contributed by atoms with E-state index in [1.54, 1.807) is 6.20 Å². The van der Waals surface area contributed by atoms with Crippen molar-refractivity contribution in [1.29, 1.82) is 0 Å². The van der Waals surface area contributed by atoms with Gasteiger partial charge in [-0.3, -0.25) is 9.78 Å². The van der Waals surface area contributed by atoms with Crippen molar-refractivity contribution in [2.45, 2.75) is 45.4 Å². The molecular formula is C11H16N2O3. The molecule has 5 heteroatoms. The Morgan fingerprint density at radius 3 is 2.81 bits per heavy atom. The fourth-order valence-corrected chi connectivity index (χ4v) is 2.02. The van der Waals surface area contributed by atoms with Gasteiger partial charge < -0.3 is 9.30 Å². The minimum atomic E-state index is -0.359. The minimum absolute atomic E-state index is 0.169. The summed E-state index contributed by atoms with van der Waals surface area (Å²) < 4.78 is 7.12. The molecule has 2 rings (SSSR count). The molecule has 1 fully saturated rings. The van der Waals surface area contributed by atoms with Crippen LogP contribution in [-0.2, 0) is 11.3 Å². The van der Waals surface area contributed by atoms with Crippen LogP contribution in [0.5, 0.6) is 0 Å². The highest BCUT2D eigenvalue weighted by atomic mass is 16.5. The summed E-state index contributed by atoms with van der Waals surface area (Å²) in [7, 11) is 0. The van der Waals surface area contributed by atoms with Gasteiger partial charge >= 0.3 is 5.69 Å². The quantitative estimate of drug-likeness (QED) is 0.808. The van der Waals surface area contributed by atoms with E-state index in [0.29, 0.717) is 12.1 Å². The Labute approximate surface area is 93.1 Å². The highest BCUT2D eigenvalue weighted by Gasteiger charge is 2.26. The van der Waals surface area contributed by atoms with Crippen molar-refractivity contribution in [3.05, 3.63) is 32.6 Å². The van der Waals surface area contributed by atoms with Crippen LogP contribution in [0, 0.1) is 0 Å². The number of aromatic amines is 1. The van der Waals surface area contributed by atoms with E-state index in [1.807, 2.05) is 13.8 Å². The van der Waals surface area contributed by atoms with Gasteiger partial charge in [-0.1, -0.05) is 0 Å². The van der Waals surface area contributed by atoms with Crippen molar-refractivity contribution < 1.29 is 4.74 Å². The van der Waals surface area contributed by atoms with Gasteiger partial charge in [-0.25, -0.2) is 4.79 Å². The molecule has 0 spiro atoms. The van der Waals surface area contributed by atoms with E-state index in [-0.39, 0.29) is 23.5 Å². The number of nitrogens with zero attached hydrogens (tertiary/aromatic N) is 1. The molecule has 16 heavy (non-hydrogen) atoms. The second kappa shape index (κ2) is 4.25. The zero-order valence-corrected chi connectivity index (χ0v) is 9.53. The molecule has 1 saturated heterocycles. The van der Waals surface area contributed by atoms with E-state index in [1.165, 1.54) is 4.57 Å². The van der Waals surface area contributed by atoms with Crippen molar-refractivity contribution in [2.24, 2.45) is 0 Å². The number of hydrogen-bond donors (Lipinski definition) is 1. The summed E-state index contributed by atoms with van der Waals surface area (Å²) in [6, 6.07) is 0. The third-order valence-electron chi connectivity index (χ3n) is 2.96. The summed E-state index contributed by atoms with van der Waals surface area (Å²) in [5.41, 5.74) is -0.123. The van der Waals surface area contributed by atoms with Crippen molar-refractivity contribution >= 4 is 0 Å². The number of aromatic nitrogens is 2. The van der Waals surface area contributed by atoms with Gasteiger partial charge in [0.25, 0.3) is 5.56 Å². The number of H-pyrrole nitrogens is 1. The Bertz CT molecular complexity index is 489. The van der Waals surface area contributed by atoms with E-state index in [9.17, 15) is 9.59 Å². The number of nitrogens with one attached hydrogen (secondary N) is 1. The number of hydrogen-bond acceptors (Lipinski definition) is 3. The lowest BCUT2D eigenvalue weighted by Crippen LogP contribution is -2.32. The number of aryl methyl sites for hydroxylation is 1. The van der Waals surface area contributed by atoms with Crippen LogP contribution < -0.4 is 11.2 Å². The summed E-state index contributed by atoms with van der Waals surface area (Å²) in [4.78, 5) is 25.3. The lowest BCUT2D eigenvalue weighted by molar-refractivity contribution is 0.0542. The number of ether oxygens (including phenoxy) is 1. The molecule has 1 N–H and O–H groups in total. The first kappa shape index (κ1) is 11.1. The van der Waals surface area contributed by atoms with Crippen LogP contribution in [0.3, 0.4) is 0 Å². The SMILES string of the molecule is CCn1cc(C2CC[C@@H](C)O2)c(=O)[nH]c1=O. The highest BCUT2D eigenvalue weighted by molar-refractivity contribution is 5.10. The molecule has 0 aliphatic carbocycles. The standard InChI is InChI=1S/C11H16N2O3/c1-3-13-6-8(10(14)12-11(13)15)9-5-4-7(2)16-9/h6-7,9H,3-5H2,1-2H3,(H,12,14,15)/t7-,9?/m1/s1. The lowest BCUT2D eigenvalue weighted by atomic mass is 10.1. The van der Waals surface area contributed by atoms with E-state index in [4.69, 9.17) is 4.74 Å². The highest BCUT2D eigenvalue weighted by Crippen LogP contribution is 2.30. The fourth-order valence-electron chi connectivity index (χ4n) is 2.02. The van der Waals surface area contributed by atoms with Crippen LogP contribution >= 0.6 is 0 Å². The third kappa shape index (κ3) is 1.95. The first-order chi connectivity index (χ1) is 7.61. The van der Waals surface area contributed by atoms with Gasteiger partial charge in [-0.15, -0.1) is 0 Å². The normalized spacial score (nSPS) is 24.9. The van der Waals surface area contributed by atoms with Gasteiger partial charge in [0.15, 0.2) is 0 Å². The molecule has 88 valence electrons. The molecule has 0 aromatic carbocycles. The molecule has 0 radical (unpaired) electrons. The smallest absolute Gasteiger partial charge is 0.328 e. The Balaban J connectivity index is 2.41. The van der Waals surface area contributed by atoms with Gasteiger partial charge in [0.1, 0.15) is 0 Å². The summed E-state index contributed by atoms with van der Waals surface area (Å²) in [6.45, 7) is 4.40. The topological polar surface area (TPSA) is 64.1 Å². The molecule has 1 aliphatic heterocycles. The van der Waals surface area contributed by atoms with Crippen molar-refractivity contribution in [3.8, 4) is 0 Å². The van der Waals surface area contributed by atoms with Gasteiger partial charge in [0.05, 0.1) is 17.8 Å². The molecule has 1 unspecified atom stereocenters. The van der Waals surface area contributed by atoms with Crippen LogP contribution in [-0.4, -0.2) is 15.7 Å². The van der Waals surface area contributed by atoms with Crippen LogP contribution in [0.15, 0.2) is 15.8 Å². The average Bonchev–Trinajstić information content (AvgIpc) is 2.65. The molecule has 2 heterocycles. The summed E-state index contributed by atoms with van der Waals surface area (Å²) in [5.74, 6) is 0. The zero-order chi connectivity index (χ0) is 11.7. The second-order valence-electron chi connectivity index (χ2n) is 4.14. The monoisotopic (exact) mass is 224 g/mol. The van der Waals surface area contributed by atoms with Crippen molar-refractivity contribution in [2.75, 3.05) is 0 Å². The molecule has 0 saturated carbocycles. The Hall–Kier alpha value is -1.36. The van der Waals surface area contributed by atoms with Crippen LogP contribution in [0.2, 0.25) is 0 Å². The minimum Gasteiger partial charge on any atom is -0.370 e. The lowest BCUT2D eigenvalue weighted by Gasteiger charge is -2.11. The first-order valence-electron chi connectivity index (χ1n) is 5.61. The molecule has 0 amide bonds. The molecule has 1 aliphatic rings. The van der Waals surface area contributed by atoms with E-state index in [0.717, 1.165) is 12.8 Å². The number of rotatable bonds is 2. The maximum atomic E-state index is 11.7. The Kier molecular flexibility index (Phi) is 2.96. The van der Waals surface area contributed by atoms with Gasteiger partial charge in [0.2, 0.25) is 0 Å². The van der Waals surface area contributed by atoms with Crippen molar-refractivity contribution in [1.82, 2.24) is 9.55 Å². The maximum absolute atomic E-state index is 11.7. The third-order valence-corrected chi connectivity index (χ3v) is 2.96. The molecule has 1 aromatic rings. The fraction of sp³-hybridized carbons (Fsp3) is 0.636. The van der Waals surface area contributed by atoms with Crippen molar-refractivity contribution in [3.63, 3.8) is 0 Å². The summed E-state index contributed by atoms with van der Waals surface area (Å²) >= 11 is 0. The van der Waals surface area contributed by atoms with Crippen LogP contribution in [0.4, 0.5) is 0 Å². The second-order valence-corrected chi connectivity index (χ2v) is 4.14. The molecule has 0 bridgehead atoms. The van der Waals surface area contributed by atoms with Crippen LogP contribution in [0.1, 0.15) is 38.4 Å². The van der Waals surface area contributed by atoms with E-state index in [2.05, 4.69) is 4.98 Å². The largest absolute Gasteiger partial charge is 0.370 e. The zero-order valence-electron chi connectivity index (χ0n) is 9.53. The Morgan fingerprint density at radius 1 is 1.50 bits per heavy atom. The van der Waals surface area contributed by atoms with Gasteiger partial charge in [0, 0.05) is 12.7 Å². The van der Waals surface area contributed by atoms with Crippen LogP contribution in [0.25, 0.3) is 0 Å². The Morgan fingerprint density at radius 2 is 2.25 bits per heavy atom. The van der Waals surface area contributed by atoms with Gasteiger partial charge in [-0.2, -0.15) is 0 Å². The molecule has 5 nitrogen and oxygen atoms in total. The predicted molar refractivity (Wildman–Crippen MR) is 59.5 cm³/mol. The average molecular weight is 224 g/mol. The predicted octanol–water partition coefficient (Wildman–Crippen LogP) is 0.796. The molecule has 2 atom stereocenters. The summed E-state index contributed by atoms with van der Waals surface area (Å²) in [6.07, 6.45) is 3.43. The molecular weight excluding hydrogens is 208 g/mol. The van der Waals surface area contributed by atoms with Gasteiger partial charge in [-0.05, 0) is 26.7 Å². The van der Waals surface area contributed by atoms with E-state index < -0.39 is 0 Å².